The number of hydrogen-bond acceptors (Lipinski definition) is 4. The molecule has 0 bridgehead atoms. The number of aryl methyl sites for hydroxylation is 1. The van der Waals surface area contributed by atoms with Crippen LogP contribution in [0.15, 0.2) is 42.6 Å². The van der Waals surface area contributed by atoms with Gasteiger partial charge in [-0.05, 0) is 37.1 Å². The third-order valence-corrected chi connectivity index (χ3v) is 5.99. The second-order valence-electron chi connectivity index (χ2n) is 7.80. The van der Waals surface area contributed by atoms with Gasteiger partial charge in [0.1, 0.15) is 5.82 Å². The van der Waals surface area contributed by atoms with E-state index >= 15 is 0 Å². The summed E-state index contributed by atoms with van der Waals surface area (Å²) in [4.78, 5) is 23.9. The highest BCUT2D eigenvalue weighted by molar-refractivity contribution is 5.75. The van der Waals surface area contributed by atoms with E-state index in [0.717, 1.165) is 50.4 Å². The summed E-state index contributed by atoms with van der Waals surface area (Å²) in [6.07, 6.45) is 3.86. The minimum absolute atomic E-state index is 0.0325. The topological polar surface area (TPSA) is 51.7 Å². The number of carbonyl (C=O) groups excluding carboxylic acids is 1. The highest BCUT2D eigenvalue weighted by Gasteiger charge is 2.28. The zero-order chi connectivity index (χ0) is 19.5. The molecular weight excluding hydrogens is 350 g/mol. The molecule has 4 rings (SSSR count). The normalized spacial score (nSPS) is 19.4. The molecule has 148 valence electrons. The van der Waals surface area contributed by atoms with Crippen LogP contribution >= 0.6 is 0 Å². The van der Waals surface area contributed by atoms with E-state index in [0.29, 0.717) is 6.54 Å². The Bertz CT molecular complexity index is 831. The summed E-state index contributed by atoms with van der Waals surface area (Å²) in [6.45, 7) is 4.49. The van der Waals surface area contributed by atoms with Crippen LogP contribution in [0.5, 0.6) is 0 Å². The first kappa shape index (κ1) is 18.7. The molecule has 1 atom stereocenters. The molecule has 2 heterocycles. The van der Waals surface area contributed by atoms with Gasteiger partial charge in [0.25, 0.3) is 0 Å². The molecule has 1 aromatic heterocycles. The predicted octanol–water partition coefficient (Wildman–Crippen LogP) is 2.66. The quantitative estimate of drug-likeness (QED) is 0.887. The first-order chi connectivity index (χ1) is 13.6. The number of carbonyl (C=O) groups is 1. The maximum absolute atomic E-state index is 12.8. The maximum atomic E-state index is 12.8. The van der Waals surface area contributed by atoms with Gasteiger partial charge in [-0.15, -0.1) is 0 Å². The van der Waals surface area contributed by atoms with Gasteiger partial charge < -0.3 is 20.0 Å². The molecule has 0 unspecified atom stereocenters. The minimum Gasteiger partial charge on any atom is -0.354 e. The summed E-state index contributed by atoms with van der Waals surface area (Å²) < 4.78 is 0. The lowest BCUT2D eigenvalue weighted by molar-refractivity contribution is 0.190. The van der Waals surface area contributed by atoms with Gasteiger partial charge in [0, 0.05) is 51.5 Å². The van der Waals surface area contributed by atoms with E-state index in [1.165, 1.54) is 11.1 Å². The monoisotopic (exact) mass is 379 g/mol. The lowest BCUT2D eigenvalue weighted by Gasteiger charge is -2.34. The molecule has 0 radical (unpaired) electrons. The number of amides is 2. The second kappa shape index (κ2) is 8.19. The number of urea groups is 1. The highest BCUT2D eigenvalue weighted by atomic mass is 16.2. The van der Waals surface area contributed by atoms with Crippen LogP contribution in [0.1, 0.15) is 29.2 Å². The first-order valence-corrected chi connectivity index (χ1v) is 10.1. The van der Waals surface area contributed by atoms with Crippen molar-refractivity contribution in [2.75, 3.05) is 45.2 Å². The van der Waals surface area contributed by atoms with Crippen LogP contribution in [0.25, 0.3) is 0 Å². The predicted molar refractivity (Wildman–Crippen MR) is 111 cm³/mol. The fraction of sp³-hybridized carbons (Fsp3) is 0.455. The third kappa shape index (κ3) is 3.83. The van der Waals surface area contributed by atoms with Crippen molar-refractivity contribution in [1.82, 2.24) is 20.1 Å². The Morgan fingerprint density at radius 1 is 1.18 bits per heavy atom. The summed E-state index contributed by atoms with van der Waals surface area (Å²) in [5.41, 5.74) is 3.71. The molecule has 6 heteroatoms. The zero-order valence-electron chi connectivity index (χ0n) is 16.8. The fourth-order valence-electron chi connectivity index (χ4n) is 4.25. The molecule has 28 heavy (non-hydrogen) atoms. The lowest BCUT2D eigenvalue weighted by Crippen LogP contribution is -2.45. The maximum Gasteiger partial charge on any atom is 0.317 e. The van der Waals surface area contributed by atoms with Crippen molar-refractivity contribution < 1.29 is 4.79 Å². The number of piperazine rings is 1. The minimum atomic E-state index is -0.0325. The zero-order valence-corrected chi connectivity index (χ0v) is 16.8. The number of nitrogens with zero attached hydrogens (tertiary/aromatic N) is 4. The molecule has 1 aliphatic heterocycles. The molecule has 1 fully saturated rings. The fourth-order valence-corrected chi connectivity index (χ4v) is 4.25. The van der Waals surface area contributed by atoms with E-state index in [-0.39, 0.29) is 12.1 Å². The smallest absolute Gasteiger partial charge is 0.317 e. The number of fused-ring (bicyclic) bond motifs is 1. The van der Waals surface area contributed by atoms with Gasteiger partial charge in [-0.25, -0.2) is 9.78 Å². The molecule has 0 spiro atoms. The van der Waals surface area contributed by atoms with Crippen LogP contribution in [-0.4, -0.2) is 61.1 Å². The Kier molecular flexibility index (Phi) is 5.48. The van der Waals surface area contributed by atoms with E-state index in [1.54, 1.807) is 0 Å². The van der Waals surface area contributed by atoms with E-state index in [2.05, 4.69) is 57.5 Å². The Morgan fingerprint density at radius 2 is 1.96 bits per heavy atom. The van der Waals surface area contributed by atoms with Gasteiger partial charge in [-0.1, -0.05) is 30.3 Å². The Labute approximate surface area is 167 Å². The largest absolute Gasteiger partial charge is 0.354 e. The average molecular weight is 380 g/mol. The van der Waals surface area contributed by atoms with Gasteiger partial charge in [-0.2, -0.15) is 0 Å². The van der Waals surface area contributed by atoms with Crippen LogP contribution in [0.2, 0.25) is 0 Å². The number of nitrogens with one attached hydrogen (secondary N) is 1. The molecule has 2 aromatic rings. The molecule has 1 N–H and O–H groups in total. The Hall–Kier alpha value is -2.60. The van der Waals surface area contributed by atoms with Crippen LogP contribution in [-0.2, 0) is 13.0 Å². The summed E-state index contributed by atoms with van der Waals surface area (Å²) >= 11 is 0. The number of rotatable bonds is 4. The third-order valence-electron chi connectivity index (χ3n) is 5.99. The van der Waals surface area contributed by atoms with Gasteiger partial charge >= 0.3 is 6.03 Å². The van der Waals surface area contributed by atoms with Gasteiger partial charge in [0.2, 0.25) is 0 Å². The SMILES string of the molecule is CN1CCN(c2ncccc2CNC(=O)N(C)[C@H]2CCc3ccccc32)CC1. The van der Waals surface area contributed by atoms with E-state index in [1.807, 2.05) is 24.2 Å². The van der Waals surface area contributed by atoms with E-state index in [4.69, 9.17) is 0 Å². The number of aromatic nitrogens is 1. The summed E-state index contributed by atoms with van der Waals surface area (Å²) in [5, 5.41) is 3.10. The van der Waals surface area contributed by atoms with Gasteiger partial charge in [0.15, 0.2) is 0 Å². The van der Waals surface area contributed by atoms with Crippen LogP contribution in [0.4, 0.5) is 10.6 Å². The molecule has 6 nitrogen and oxygen atoms in total. The molecule has 0 saturated carbocycles. The summed E-state index contributed by atoms with van der Waals surface area (Å²) in [6, 6.07) is 12.6. The first-order valence-electron chi connectivity index (χ1n) is 10.1. The van der Waals surface area contributed by atoms with Gasteiger partial charge in [0.05, 0.1) is 6.04 Å². The standard InChI is InChI=1S/C22H29N5O/c1-25-12-14-27(15-13-25)21-18(7-5-11-23-21)16-24-22(28)26(2)20-10-9-17-6-3-4-8-19(17)20/h3-8,11,20H,9-10,12-16H2,1-2H3,(H,24,28)/t20-/m0/s1. The van der Waals surface area contributed by atoms with Crippen molar-refractivity contribution in [3.8, 4) is 0 Å². The highest BCUT2D eigenvalue weighted by Crippen LogP contribution is 2.34. The number of pyridine rings is 1. The van der Waals surface area contributed by atoms with Crippen LogP contribution in [0, 0.1) is 0 Å². The van der Waals surface area contributed by atoms with Crippen molar-refractivity contribution >= 4 is 11.8 Å². The average Bonchev–Trinajstić information content (AvgIpc) is 3.16. The second-order valence-corrected chi connectivity index (χ2v) is 7.80. The van der Waals surface area contributed by atoms with Crippen molar-refractivity contribution in [3.05, 3.63) is 59.3 Å². The van der Waals surface area contributed by atoms with Gasteiger partial charge in [-0.3, -0.25) is 0 Å². The van der Waals surface area contributed by atoms with Crippen molar-refractivity contribution in [2.45, 2.75) is 25.4 Å². The molecule has 1 aliphatic carbocycles. The molecular formula is C22H29N5O. The van der Waals surface area contributed by atoms with Crippen LogP contribution in [0.3, 0.4) is 0 Å². The van der Waals surface area contributed by atoms with Crippen molar-refractivity contribution in [1.29, 1.82) is 0 Å². The summed E-state index contributed by atoms with van der Waals surface area (Å²) in [5.74, 6) is 0.991. The number of likely N-dealkylation sites (N-methyl/N-ethyl adjacent to an activating group) is 1. The Balaban J connectivity index is 1.40. The van der Waals surface area contributed by atoms with Crippen LogP contribution < -0.4 is 10.2 Å². The lowest BCUT2D eigenvalue weighted by atomic mass is 10.1. The van der Waals surface area contributed by atoms with E-state index < -0.39 is 0 Å². The van der Waals surface area contributed by atoms with Crippen molar-refractivity contribution in [3.63, 3.8) is 0 Å². The van der Waals surface area contributed by atoms with E-state index in [9.17, 15) is 4.79 Å². The Morgan fingerprint density at radius 3 is 2.79 bits per heavy atom. The number of benzene rings is 1. The molecule has 1 saturated heterocycles. The summed E-state index contributed by atoms with van der Waals surface area (Å²) in [7, 11) is 4.04. The molecule has 2 amide bonds. The molecule has 1 aromatic carbocycles. The van der Waals surface area contributed by atoms with Crippen molar-refractivity contribution in [2.24, 2.45) is 0 Å². The molecule has 2 aliphatic rings. The number of anilines is 1. The number of hydrogen-bond donors (Lipinski definition) is 1.